The van der Waals surface area contributed by atoms with Crippen molar-refractivity contribution in [3.8, 4) is 6.07 Å². The number of ether oxygens (including phenoxy) is 2. The van der Waals surface area contributed by atoms with Crippen molar-refractivity contribution in [1.82, 2.24) is 0 Å². The Hall–Kier alpha value is -1.18. The lowest BCUT2D eigenvalue weighted by atomic mass is 9.62. The van der Waals surface area contributed by atoms with E-state index in [2.05, 4.69) is 12.1 Å². The summed E-state index contributed by atoms with van der Waals surface area (Å²) < 4.78 is 10.8. The number of nitrogens with zero attached hydrogens (tertiary/aromatic N) is 1. The highest BCUT2D eigenvalue weighted by atomic mass is 16.7. The quantitative estimate of drug-likeness (QED) is 0.574. The molecule has 0 aromatic carbocycles. The highest BCUT2D eigenvalue weighted by Gasteiger charge is 2.60. The van der Waals surface area contributed by atoms with Gasteiger partial charge >= 0.3 is 0 Å². The maximum atomic E-state index is 12.1. The van der Waals surface area contributed by atoms with Gasteiger partial charge < -0.3 is 9.47 Å². The van der Waals surface area contributed by atoms with Crippen LogP contribution in [-0.4, -0.2) is 24.8 Å². The fraction of sp³-hybridized carbons (Fsp3) is 0.667. The molecule has 2 bridgehead atoms. The van der Waals surface area contributed by atoms with Crippen LogP contribution in [0.4, 0.5) is 0 Å². The Morgan fingerprint density at radius 1 is 1.62 bits per heavy atom. The molecule has 2 fully saturated rings. The Morgan fingerprint density at radius 3 is 3.19 bits per heavy atom. The van der Waals surface area contributed by atoms with E-state index in [0.717, 1.165) is 0 Å². The summed E-state index contributed by atoms with van der Waals surface area (Å²) in [5.41, 5.74) is 0.475. The number of carbonyl (C=O) groups is 1. The summed E-state index contributed by atoms with van der Waals surface area (Å²) in [5, 5.41) is 9.47. The van der Waals surface area contributed by atoms with Crippen LogP contribution in [0.2, 0.25) is 0 Å². The minimum atomic E-state index is -0.719. The van der Waals surface area contributed by atoms with E-state index in [1.54, 1.807) is 0 Å². The lowest BCUT2D eigenvalue weighted by molar-refractivity contribution is -0.172. The Morgan fingerprint density at radius 2 is 2.44 bits per heavy atom. The number of allylic oxidation sites excluding steroid dienone is 2. The Bertz CT molecular complexity index is 422. The smallest absolute Gasteiger partial charge is 0.218 e. The third-order valence-corrected chi connectivity index (χ3v) is 3.94. The summed E-state index contributed by atoms with van der Waals surface area (Å²) in [6.07, 6.45) is 2.37. The molecule has 0 amide bonds. The zero-order valence-electron chi connectivity index (χ0n) is 9.10. The molecule has 0 unspecified atom stereocenters. The summed E-state index contributed by atoms with van der Waals surface area (Å²) in [5.74, 6) is -0.300. The second-order valence-corrected chi connectivity index (χ2v) is 4.86. The largest absolute Gasteiger partial charge is 0.343 e. The van der Waals surface area contributed by atoms with Gasteiger partial charge in [-0.3, -0.25) is 4.79 Å². The Balaban J connectivity index is 2.09. The van der Waals surface area contributed by atoms with E-state index in [9.17, 15) is 10.1 Å². The zero-order valence-corrected chi connectivity index (χ0v) is 9.10. The molecular formula is C12H13NO3. The standard InChI is InChI=1S/C12H13NO3/c1-7-2-3-8-10(14)11-15-5-9(16-11)12(8,4-7)6-13/h2,8-9,11H,3-5H2,1H3/t8-,9+,11+,12+/m0/s1. The fourth-order valence-corrected chi connectivity index (χ4v) is 3.07. The third-order valence-electron chi connectivity index (χ3n) is 3.94. The van der Waals surface area contributed by atoms with E-state index >= 15 is 0 Å². The number of hydrogen-bond donors (Lipinski definition) is 0. The molecular weight excluding hydrogens is 206 g/mol. The van der Waals surface area contributed by atoms with Crippen molar-refractivity contribution in [2.75, 3.05) is 6.61 Å². The molecule has 3 rings (SSSR count). The minimum Gasteiger partial charge on any atom is -0.343 e. The summed E-state index contributed by atoms with van der Waals surface area (Å²) >= 11 is 0. The van der Waals surface area contributed by atoms with Gasteiger partial charge in [-0.25, -0.2) is 0 Å². The first kappa shape index (κ1) is 10.0. The summed E-state index contributed by atoms with van der Waals surface area (Å²) in [4.78, 5) is 12.1. The average Bonchev–Trinajstić information content (AvgIpc) is 2.73. The molecule has 16 heavy (non-hydrogen) atoms. The molecule has 2 saturated heterocycles. The molecule has 0 radical (unpaired) electrons. The molecule has 0 aromatic heterocycles. The maximum Gasteiger partial charge on any atom is 0.218 e. The maximum absolute atomic E-state index is 12.1. The lowest BCUT2D eigenvalue weighted by Crippen LogP contribution is -2.53. The van der Waals surface area contributed by atoms with Gasteiger partial charge in [0.25, 0.3) is 0 Å². The topological polar surface area (TPSA) is 59.3 Å². The minimum absolute atomic E-state index is 0.0564. The molecule has 0 aromatic rings. The van der Waals surface area contributed by atoms with Crippen LogP contribution in [-0.2, 0) is 14.3 Å². The molecule has 0 N–H and O–H groups in total. The van der Waals surface area contributed by atoms with Crippen LogP contribution in [0, 0.1) is 22.7 Å². The van der Waals surface area contributed by atoms with Gasteiger partial charge in [0.2, 0.25) is 6.29 Å². The Labute approximate surface area is 93.8 Å². The van der Waals surface area contributed by atoms with Crippen molar-refractivity contribution in [2.45, 2.75) is 32.2 Å². The number of hydrogen-bond acceptors (Lipinski definition) is 4. The average molecular weight is 219 g/mol. The number of ketones is 1. The molecule has 4 nitrogen and oxygen atoms in total. The number of nitriles is 1. The molecule has 1 aliphatic carbocycles. The zero-order chi connectivity index (χ0) is 11.3. The van der Waals surface area contributed by atoms with Crippen LogP contribution >= 0.6 is 0 Å². The van der Waals surface area contributed by atoms with Gasteiger partial charge in [-0.05, 0) is 19.8 Å². The highest BCUT2D eigenvalue weighted by molar-refractivity contribution is 5.87. The predicted octanol–water partition coefficient (Wildman–Crippen LogP) is 1.18. The van der Waals surface area contributed by atoms with Crippen LogP contribution in [0.5, 0.6) is 0 Å². The van der Waals surface area contributed by atoms with Gasteiger partial charge in [-0.1, -0.05) is 11.6 Å². The molecule has 2 aliphatic heterocycles. The Kier molecular flexibility index (Phi) is 1.97. The van der Waals surface area contributed by atoms with Crippen molar-refractivity contribution in [1.29, 1.82) is 5.26 Å². The molecule has 0 saturated carbocycles. The van der Waals surface area contributed by atoms with E-state index in [1.807, 2.05) is 6.92 Å². The molecule has 3 aliphatic rings. The lowest BCUT2D eigenvalue weighted by Gasteiger charge is -2.43. The van der Waals surface area contributed by atoms with Crippen LogP contribution in [0.1, 0.15) is 19.8 Å². The number of rotatable bonds is 0. The second-order valence-electron chi connectivity index (χ2n) is 4.86. The van der Waals surface area contributed by atoms with Crippen LogP contribution in [0.15, 0.2) is 11.6 Å². The monoisotopic (exact) mass is 219 g/mol. The van der Waals surface area contributed by atoms with Crippen LogP contribution < -0.4 is 0 Å². The normalized spacial score (nSPS) is 45.9. The van der Waals surface area contributed by atoms with Gasteiger partial charge in [0, 0.05) is 5.92 Å². The number of fused-ring (bicyclic) bond motifs is 4. The number of Topliss-reactive ketones (excluding diaryl/α,β-unsaturated/α-hetero) is 1. The van der Waals surface area contributed by atoms with Crippen LogP contribution in [0.25, 0.3) is 0 Å². The first-order valence-electron chi connectivity index (χ1n) is 5.55. The van der Waals surface area contributed by atoms with E-state index < -0.39 is 11.7 Å². The third kappa shape index (κ3) is 1.07. The molecule has 4 heteroatoms. The van der Waals surface area contributed by atoms with Crippen molar-refractivity contribution in [3.63, 3.8) is 0 Å². The molecule has 0 spiro atoms. The highest BCUT2D eigenvalue weighted by Crippen LogP contribution is 2.50. The van der Waals surface area contributed by atoms with E-state index in [0.29, 0.717) is 19.4 Å². The van der Waals surface area contributed by atoms with Crippen molar-refractivity contribution < 1.29 is 14.3 Å². The first-order valence-corrected chi connectivity index (χ1v) is 5.55. The molecule has 2 heterocycles. The van der Waals surface area contributed by atoms with Crippen molar-refractivity contribution in [2.24, 2.45) is 11.3 Å². The number of carbonyl (C=O) groups excluding carboxylic acids is 1. The summed E-state index contributed by atoms with van der Waals surface area (Å²) in [6, 6.07) is 2.34. The van der Waals surface area contributed by atoms with Gasteiger partial charge in [0.05, 0.1) is 18.1 Å². The van der Waals surface area contributed by atoms with E-state index in [4.69, 9.17) is 9.47 Å². The van der Waals surface area contributed by atoms with E-state index in [-0.39, 0.29) is 17.8 Å². The second kappa shape index (κ2) is 3.16. The van der Waals surface area contributed by atoms with Gasteiger partial charge in [-0.15, -0.1) is 0 Å². The van der Waals surface area contributed by atoms with Crippen LogP contribution in [0.3, 0.4) is 0 Å². The van der Waals surface area contributed by atoms with Gasteiger partial charge in [0.1, 0.15) is 6.10 Å². The molecule has 4 atom stereocenters. The predicted molar refractivity (Wildman–Crippen MR) is 54.1 cm³/mol. The molecule has 84 valence electrons. The van der Waals surface area contributed by atoms with Gasteiger partial charge in [-0.2, -0.15) is 5.26 Å². The van der Waals surface area contributed by atoms with Crippen molar-refractivity contribution in [3.05, 3.63) is 11.6 Å². The summed E-state index contributed by atoms with van der Waals surface area (Å²) in [7, 11) is 0. The SMILES string of the molecule is CC1=CC[C@H]2C(=O)[C@@H]3OC[C@@H](O3)[C@@]2(C#N)C1. The fourth-order valence-electron chi connectivity index (χ4n) is 3.07. The van der Waals surface area contributed by atoms with Gasteiger partial charge in [0.15, 0.2) is 5.78 Å². The van der Waals surface area contributed by atoms with E-state index in [1.165, 1.54) is 5.57 Å². The summed E-state index contributed by atoms with van der Waals surface area (Å²) in [6.45, 7) is 2.37. The first-order chi connectivity index (χ1) is 7.67. The van der Waals surface area contributed by atoms with Crippen molar-refractivity contribution >= 4 is 5.78 Å².